The molecule has 0 saturated carbocycles. The first-order valence-corrected chi connectivity index (χ1v) is 7.85. The maximum atomic E-state index is 10.1. The fraction of sp³-hybridized carbons (Fsp3) is 0.333. The van der Waals surface area contributed by atoms with Gasteiger partial charge in [-0.2, -0.15) is 0 Å². The molecule has 1 unspecified atom stereocenters. The Kier molecular flexibility index (Phi) is 6.71. The van der Waals surface area contributed by atoms with Gasteiger partial charge < -0.3 is 19.9 Å². The van der Waals surface area contributed by atoms with E-state index in [-0.39, 0.29) is 0 Å². The number of aliphatic hydroxyl groups excluding tert-OH is 1. The Morgan fingerprint density at radius 3 is 2.48 bits per heavy atom. The van der Waals surface area contributed by atoms with Gasteiger partial charge in [0.05, 0.1) is 25.3 Å². The Bertz CT molecular complexity index is 619. The molecule has 0 heterocycles. The topological polar surface area (TPSA) is 50.7 Å². The van der Waals surface area contributed by atoms with Crippen LogP contribution in [0.4, 0.5) is 0 Å². The van der Waals surface area contributed by atoms with Crippen molar-refractivity contribution in [2.45, 2.75) is 19.1 Å². The summed E-state index contributed by atoms with van der Waals surface area (Å²) in [5.74, 6) is 1.13. The van der Waals surface area contributed by atoms with Crippen molar-refractivity contribution in [1.82, 2.24) is 5.32 Å². The standard InChI is InChI=1S/C18H22ClNO3/c1-22-16-9-8-14(17(19)18(16)23-2)11-20-12-15(21)10-13-6-4-3-5-7-13/h3-9,15,20-21H,10-12H2,1-2H3. The highest BCUT2D eigenvalue weighted by Crippen LogP contribution is 2.37. The van der Waals surface area contributed by atoms with Crippen LogP contribution in [0, 0.1) is 0 Å². The molecule has 0 aromatic heterocycles. The molecule has 2 N–H and O–H groups in total. The van der Waals surface area contributed by atoms with Crippen molar-refractivity contribution in [1.29, 1.82) is 0 Å². The molecule has 124 valence electrons. The van der Waals surface area contributed by atoms with E-state index in [1.54, 1.807) is 14.2 Å². The average Bonchev–Trinajstić information content (AvgIpc) is 2.57. The smallest absolute Gasteiger partial charge is 0.179 e. The third-order valence-corrected chi connectivity index (χ3v) is 3.99. The molecule has 5 heteroatoms. The molecular formula is C18H22ClNO3. The first-order chi connectivity index (χ1) is 11.2. The molecule has 0 aliphatic carbocycles. The van der Waals surface area contributed by atoms with Gasteiger partial charge in [-0.1, -0.05) is 48.0 Å². The Morgan fingerprint density at radius 1 is 1.09 bits per heavy atom. The number of methoxy groups -OCH3 is 2. The van der Waals surface area contributed by atoms with E-state index in [0.29, 0.717) is 36.0 Å². The van der Waals surface area contributed by atoms with Gasteiger partial charge >= 0.3 is 0 Å². The van der Waals surface area contributed by atoms with E-state index in [1.165, 1.54) is 0 Å². The number of halogens is 1. The van der Waals surface area contributed by atoms with E-state index in [0.717, 1.165) is 11.1 Å². The van der Waals surface area contributed by atoms with E-state index < -0.39 is 6.10 Å². The van der Waals surface area contributed by atoms with Crippen LogP contribution in [0.5, 0.6) is 11.5 Å². The van der Waals surface area contributed by atoms with Gasteiger partial charge in [0.2, 0.25) is 0 Å². The summed E-state index contributed by atoms with van der Waals surface area (Å²) in [5, 5.41) is 13.8. The van der Waals surface area contributed by atoms with Gasteiger partial charge in [0.1, 0.15) is 0 Å². The summed E-state index contributed by atoms with van der Waals surface area (Å²) in [6.07, 6.45) is 0.171. The van der Waals surface area contributed by atoms with Crippen molar-refractivity contribution in [3.8, 4) is 11.5 Å². The van der Waals surface area contributed by atoms with Crippen molar-refractivity contribution < 1.29 is 14.6 Å². The largest absolute Gasteiger partial charge is 0.493 e. The second-order valence-corrected chi connectivity index (χ2v) is 5.63. The lowest BCUT2D eigenvalue weighted by atomic mass is 10.1. The Balaban J connectivity index is 1.89. The zero-order valence-electron chi connectivity index (χ0n) is 13.4. The number of ether oxygens (including phenoxy) is 2. The minimum absolute atomic E-state index is 0.448. The Hall–Kier alpha value is -1.75. The van der Waals surface area contributed by atoms with Crippen LogP contribution in [0.2, 0.25) is 5.02 Å². The fourth-order valence-corrected chi connectivity index (χ4v) is 2.70. The second-order valence-electron chi connectivity index (χ2n) is 5.25. The third-order valence-electron chi connectivity index (χ3n) is 3.57. The van der Waals surface area contributed by atoms with E-state index in [1.807, 2.05) is 42.5 Å². The van der Waals surface area contributed by atoms with Crippen LogP contribution in [0.1, 0.15) is 11.1 Å². The predicted octanol–water partition coefficient (Wildman–Crippen LogP) is 3.05. The average molecular weight is 336 g/mol. The summed E-state index contributed by atoms with van der Waals surface area (Å²) in [4.78, 5) is 0. The molecule has 0 bridgehead atoms. The van der Waals surface area contributed by atoms with Crippen molar-refractivity contribution in [2.24, 2.45) is 0 Å². The van der Waals surface area contributed by atoms with Gasteiger partial charge in [-0.25, -0.2) is 0 Å². The highest BCUT2D eigenvalue weighted by Gasteiger charge is 2.13. The van der Waals surface area contributed by atoms with Crippen LogP contribution < -0.4 is 14.8 Å². The molecule has 0 radical (unpaired) electrons. The summed E-state index contributed by atoms with van der Waals surface area (Å²) in [6.45, 7) is 1.03. The molecule has 1 atom stereocenters. The minimum atomic E-state index is -0.448. The zero-order valence-corrected chi connectivity index (χ0v) is 14.1. The van der Waals surface area contributed by atoms with Crippen molar-refractivity contribution >= 4 is 11.6 Å². The molecule has 4 nitrogen and oxygen atoms in total. The highest BCUT2D eigenvalue weighted by atomic mass is 35.5. The molecule has 0 saturated heterocycles. The molecule has 0 spiro atoms. The van der Waals surface area contributed by atoms with Crippen LogP contribution in [0.3, 0.4) is 0 Å². The van der Waals surface area contributed by atoms with Gasteiger partial charge in [0, 0.05) is 13.1 Å². The van der Waals surface area contributed by atoms with Gasteiger partial charge in [-0.3, -0.25) is 0 Å². The lowest BCUT2D eigenvalue weighted by Gasteiger charge is -2.15. The molecule has 0 fully saturated rings. The number of rotatable bonds is 8. The first-order valence-electron chi connectivity index (χ1n) is 7.47. The molecule has 2 aromatic carbocycles. The van der Waals surface area contributed by atoms with Gasteiger partial charge in [0.25, 0.3) is 0 Å². The summed E-state index contributed by atoms with van der Waals surface area (Å²) < 4.78 is 10.5. The first kappa shape index (κ1) is 17.6. The number of hydrogen-bond donors (Lipinski definition) is 2. The Labute approximate surface area is 142 Å². The van der Waals surface area contributed by atoms with Crippen LogP contribution in [0.15, 0.2) is 42.5 Å². The lowest BCUT2D eigenvalue weighted by Crippen LogP contribution is -2.28. The number of nitrogens with one attached hydrogen (secondary N) is 1. The molecule has 0 aliphatic heterocycles. The quantitative estimate of drug-likeness (QED) is 0.778. The molecular weight excluding hydrogens is 314 g/mol. The van der Waals surface area contributed by atoms with Crippen LogP contribution in [-0.4, -0.2) is 32.0 Å². The number of benzene rings is 2. The van der Waals surface area contributed by atoms with Crippen LogP contribution in [-0.2, 0) is 13.0 Å². The van der Waals surface area contributed by atoms with Crippen molar-refractivity contribution in [2.75, 3.05) is 20.8 Å². The van der Waals surface area contributed by atoms with E-state index in [4.69, 9.17) is 21.1 Å². The molecule has 2 rings (SSSR count). The summed E-state index contributed by atoms with van der Waals surface area (Å²) >= 11 is 6.33. The van der Waals surface area contributed by atoms with Crippen LogP contribution in [0.25, 0.3) is 0 Å². The maximum absolute atomic E-state index is 10.1. The van der Waals surface area contributed by atoms with Gasteiger partial charge in [0.15, 0.2) is 11.5 Å². The SMILES string of the molecule is COc1ccc(CNCC(O)Cc2ccccc2)c(Cl)c1OC. The van der Waals surface area contributed by atoms with Gasteiger partial charge in [-0.05, 0) is 23.6 Å². The highest BCUT2D eigenvalue weighted by molar-refractivity contribution is 6.33. The van der Waals surface area contributed by atoms with Crippen molar-refractivity contribution in [3.05, 3.63) is 58.6 Å². The minimum Gasteiger partial charge on any atom is -0.493 e. The second kappa shape index (κ2) is 8.77. The molecule has 2 aromatic rings. The fourth-order valence-electron chi connectivity index (χ4n) is 2.40. The zero-order chi connectivity index (χ0) is 16.7. The number of aliphatic hydroxyl groups is 1. The van der Waals surface area contributed by atoms with Crippen LogP contribution >= 0.6 is 11.6 Å². The van der Waals surface area contributed by atoms with Gasteiger partial charge in [-0.15, -0.1) is 0 Å². The summed E-state index contributed by atoms with van der Waals surface area (Å²) in [5.41, 5.74) is 2.02. The molecule has 0 aliphatic rings. The summed E-state index contributed by atoms with van der Waals surface area (Å²) in [6, 6.07) is 13.6. The van der Waals surface area contributed by atoms with E-state index in [2.05, 4.69) is 5.32 Å². The predicted molar refractivity (Wildman–Crippen MR) is 92.4 cm³/mol. The normalized spacial score (nSPS) is 12.0. The maximum Gasteiger partial charge on any atom is 0.179 e. The van der Waals surface area contributed by atoms with E-state index in [9.17, 15) is 5.11 Å². The monoisotopic (exact) mass is 335 g/mol. The third kappa shape index (κ3) is 4.86. The Morgan fingerprint density at radius 2 is 1.83 bits per heavy atom. The molecule has 23 heavy (non-hydrogen) atoms. The number of hydrogen-bond acceptors (Lipinski definition) is 4. The summed E-state index contributed by atoms with van der Waals surface area (Å²) in [7, 11) is 3.14. The van der Waals surface area contributed by atoms with E-state index >= 15 is 0 Å². The van der Waals surface area contributed by atoms with Crippen molar-refractivity contribution in [3.63, 3.8) is 0 Å². The molecule has 0 amide bonds. The lowest BCUT2D eigenvalue weighted by molar-refractivity contribution is 0.171.